The zero-order chi connectivity index (χ0) is 10.6. The summed E-state index contributed by atoms with van der Waals surface area (Å²) in [7, 11) is 0. The summed E-state index contributed by atoms with van der Waals surface area (Å²) in [5, 5.41) is 0. The van der Waals surface area contributed by atoms with Gasteiger partial charge in [0.15, 0.2) is 11.6 Å². The lowest BCUT2D eigenvalue weighted by molar-refractivity contribution is 0.507. The normalized spacial score (nSPS) is 11.8. The average molecular weight is 198 g/mol. The standard InChI is InChI=1S/C10H12F2N2/c1-2-10(13)14-6-7-3-4-8(11)9(12)5-7/h3-5H,2,6H2,1H3,(H2,13,14). The fourth-order valence-electron chi connectivity index (χ4n) is 0.943. The quantitative estimate of drug-likeness (QED) is 0.587. The molecule has 0 aliphatic rings. The van der Waals surface area contributed by atoms with E-state index in [1.54, 1.807) is 0 Å². The molecule has 1 aromatic carbocycles. The lowest BCUT2D eigenvalue weighted by Gasteiger charge is -1.99. The van der Waals surface area contributed by atoms with Crippen LogP contribution in [0.4, 0.5) is 8.78 Å². The van der Waals surface area contributed by atoms with E-state index in [0.717, 1.165) is 12.1 Å². The highest BCUT2D eigenvalue weighted by Gasteiger charge is 2.01. The van der Waals surface area contributed by atoms with Crippen LogP contribution in [0.2, 0.25) is 0 Å². The van der Waals surface area contributed by atoms with Crippen molar-refractivity contribution < 1.29 is 8.78 Å². The Morgan fingerprint density at radius 1 is 1.36 bits per heavy atom. The maximum absolute atomic E-state index is 12.7. The number of rotatable bonds is 3. The Balaban J connectivity index is 2.73. The van der Waals surface area contributed by atoms with Crippen molar-refractivity contribution in [2.45, 2.75) is 19.9 Å². The molecule has 2 nitrogen and oxygen atoms in total. The van der Waals surface area contributed by atoms with Gasteiger partial charge in [-0.3, -0.25) is 4.99 Å². The third-order valence-electron chi connectivity index (χ3n) is 1.81. The monoisotopic (exact) mass is 198 g/mol. The summed E-state index contributed by atoms with van der Waals surface area (Å²) in [5.74, 6) is -1.19. The number of hydrogen-bond donors (Lipinski definition) is 1. The molecule has 0 aromatic heterocycles. The Labute approximate surface area is 81.5 Å². The smallest absolute Gasteiger partial charge is 0.159 e. The van der Waals surface area contributed by atoms with Gasteiger partial charge in [0.1, 0.15) is 0 Å². The van der Waals surface area contributed by atoms with Crippen LogP contribution in [0, 0.1) is 11.6 Å². The molecule has 14 heavy (non-hydrogen) atoms. The van der Waals surface area contributed by atoms with Crippen LogP contribution in [-0.2, 0) is 6.54 Å². The van der Waals surface area contributed by atoms with E-state index in [4.69, 9.17) is 5.73 Å². The van der Waals surface area contributed by atoms with Gasteiger partial charge in [0, 0.05) is 6.42 Å². The Morgan fingerprint density at radius 2 is 2.07 bits per heavy atom. The van der Waals surface area contributed by atoms with Gasteiger partial charge in [-0.1, -0.05) is 13.0 Å². The largest absolute Gasteiger partial charge is 0.387 e. The highest BCUT2D eigenvalue weighted by Crippen LogP contribution is 2.09. The van der Waals surface area contributed by atoms with E-state index < -0.39 is 11.6 Å². The molecule has 0 saturated heterocycles. The van der Waals surface area contributed by atoms with Crippen LogP contribution in [-0.4, -0.2) is 5.84 Å². The maximum Gasteiger partial charge on any atom is 0.159 e. The van der Waals surface area contributed by atoms with Crippen molar-refractivity contribution in [2.24, 2.45) is 10.7 Å². The van der Waals surface area contributed by atoms with E-state index in [2.05, 4.69) is 4.99 Å². The van der Waals surface area contributed by atoms with Crippen molar-refractivity contribution in [3.05, 3.63) is 35.4 Å². The molecule has 1 aromatic rings. The topological polar surface area (TPSA) is 38.4 Å². The number of hydrogen-bond acceptors (Lipinski definition) is 1. The summed E-state index contributed by atoms with van der Waals surface area (Å²) in [6.45, 7) is 2.17. The first kappa shape index (κ1) is 10.6. The second-order valence-electron chi connectivity index (χ2n) is 2.91. The molecule has 0 heterocycles. The lowest BCUT2D eigenvalue weighted by Crippen LogP contribution is -2.09. The molecule has 0 radical (unpaired) electrons. The zero-order valence-electron chi connectivity index (χ0n) is 7.93. The number of amidine groups is 1. The molecule has 0 saturated carbocycles. The first-order valence-electron chi connectivity index (χ1n) is 4.36. The van der Waals surface area contributed by atoms with Gasteiger partial charge in [0.05, 0.1) is 12.4 Å². The van der Waals surface area contributed by atoms with Crippen LogP contribution in [0.1, 0.15) is 18.9 Å². The van der Waals surface area contributed by atoms with Crippen molar-refractivity contribution >= 4 is 5.84 Å². The van der Waals surface area contributed by atoms with E-state index in [1.165, 1.54) is 6.07 Å². The van der Waals surface area contributed by atoms with Crippen molar-refractivity contribution in [2.75, 3.05) is 0 Å². The molecule has 0 aliphatic heterocycles. The van der Waals surface area contributed by atoms with Crippen LogP contribution in [0.3, 0.4) is 0 Å². The molecule has 1 rings (SSSR count). The van der Waals surface area contributed by atoms with Crippen LogP contribution in [0.25, 0.3) is 0 Å². The first-order chi connectivity index (χ1) is 6.63. The van der Waals surface area contributed by atoms with E-state index in [1.807, 2.05) is 6.92 Å². The summed E-state index contributed by atoms with van der Waals surface area (Å²) in [6.07, 6.45) is 0.656. The summed E-state index contributed by atoms with van der Waals surface area (Å²) in [4.78, 5) is 3.99. The third kappa shape index (κ3) is 2.80. The second-order valence-corrected chi connectivity index (χ2v) is 2.91. The predicted octanol–water partition coefficient (Wildman–Crippen LogP) is 2.23. The average Bonchev–Trinajstić information content (AvgIpc) is 2.19. The summed E-state index contributed by atoms with van der Waals surface area (Å²) >= 11 is 0. The minimum Gasteiger partial charge on any atom is -0.387 e. The van der Waals surface area contributed by atoms with Gasteiger partial charge in [-0.05, 0) is 17.7 Å². The van der Waals surface area contributed by atoms with Gasteiger partial charge < -0.3 is 5.73 Å². The first-order valence-corrected chi connectivity index (χ1v) is 4.36. The molecule has 2 N–H and O–H groups in total. The van der Waals surface area contributed by atoms with Crippen LogP contribution in [0.15, 0.2) is 23.2 Å². The van der Waals surface area contributed by atoms with Crippen LogP contribution < -0.4 is 5.73 Å². The molecule has 0 amide bonds. The Morgan fingerprint density at radius 3 is 2.64 bits per heavy atom. The molecule has 0 bridgehead atoms. The summed E-state index contributed by atoms with van der Waals surface area (Å²) < 4.78 is 25.3. The van der Waals surface area contributed by atoms with Crippen molar-refractivity contribution in [1.29, 1.82) is 0 Å². The van der Waals surface area contributed by atoms with Crippen LogP contribution in [0.5, 0.6) is 0 Å². The van der Waals surface area contributed by atoms with Gasteiger partial charge in [-0.15, -0.1) is 0 Å². The summed E-state index contributed by atoms with van der Waals surface area (Å²) in [5.41, 5.74) is 6.08. The number of benzene rings is 1. The molecule has 0 spiro atoms. The zero-order valence-corrected chi connectivity index (χ0v) is 7.93. The fraction of sp³-hybridized carbons (Fsp3) is 0.300. The highest BCUT2D eigenvalue weighted by molar-refractivity contribution is 5.79. The molecule has 76 valence electrons. The molecule has 0 unspecified atom stereocenters. The SMILES string of the molecule is CCC(N)=NCc1ccc(F)c(F)c1. The van der Waals surface area contributed by atoms with E-state index in [9.17, 15) is 8.78 Å². The van der Waals surface area contributed by atoms with Gasteiger partial charge in [0.25, 0.3) is 0 Å². The number of nitrogens with two attached hydrogens (primary N) is 1. The van der Waals surface area contributed by atoms with Crippen molar-refractivity contribution in [3.8, 4) is 0 Å². The molecule has 0 aliphatic carbocycles. The molecule has 0 atom stereocenters. The molecule has 4 heteroatoms. The van der Waals surface area contributed by atoms with Crippen molar-refractivity contribution in [3.63, 3.8) is 0 Å². The van der Waals surface area contributed by atoms with Gasteiger partial charge in [-0.25, -0.2) is 8.78 Å². The maximum atomic E-state index is 12.7. The second kappa shape index (κ2) is 4.69. The van der Waals surface area contributed by atoms with Gasteiger partial charge >= 0.3 is 0 Å². The van der Waals surface area contributed by atoms with Gasteiger partial charge in [-0.2, -0.15) is 0 Å². The van der Waals surface area contributed by atoms with E-state index in [0.29, 0.717) is 17.8 Å². The lowest BCUT2D eigenvalue weighted by atomic mass is 10.2. The van der Waals surface area contributed by atoms with E-state index in [-0.39, 0.29) is 6.54 Å². The number of nitrogens with zero attached hydrogens (tertiary/aromatic N) is 1. The third-order valence-corrected chi connectivity index (χ3v) is 1.81. The minimum atomic E-state index is -0.854. The predicted molar refractivity (Wildman–Crippen MR) is 52.0 cm³/mol. The molecular weight excluding hydrogens is 186 g/mol. The Bertz CT molecular complexity index is 348. The summed E-state index contributed by atoms with van der Waals surface area (Å²) in [6, 6.07) is 3.70. The Kier molecular flexibility index (Phi) is 3.56. The highest BCUT2D eigenvalue weighted by atomic mass is 19.2. The Hall–Kier alpha value is -1.45. The number of halogens is 2. The molecule has 0 fully saturated rings. The van der Waals surface area contributed by atoms with Gasteiger partial charge in [0.2, 0.25) is 0 Å². The number of aliphatic imine (C=N–C) groups is 1. The minimum absolute atomic E-state index is 0.289. The van der Waals surface area contributed by atoms with Crippen molar-refractivity contribution in [1.82, 2.24) is 0 Å². The molecular formula is C10H12F2N2. The fourth-order valence-corrected chi connectivity index (χ4v) is 0.943. The van der Waals surface area contributed by atoms with Crippen LogP contribution >= 0.6 is 0 Å². The van der Waals surface area contributed by atoms with E-state index >= 15 is 0 Å².